The zero-order valence-corrected chi connectivity index (χ0v) is 21.2. The minimum Gasteiger partial charge on any atom is -0.457 e. The molecule has 5 aromatic rings. The summed E-state index contributed by atoms with van der Waals surface area (Å²) in [5.41, 5.74) is 2.83. The first kappa shape index (κ1) is 25.2. The van der Waals surface area contributed by atoms with Crippen molar-refractivity contribution in [2.75, 3.05) is 0 Å². The van der Waals surface area contributed by atoms with Crippen LogP contribution in [0.15, 0.2) is 84.9 Å². The Labute approximate surface area is 226 Å². The summed E-state index contributed by atoms with van der Waals surface area (Å²) >= 11 is 6.27. The van der Waals surface area contributed by atoms with Crippen molar-refractivity contribution in [3.8, 4) is 22.8 Å². The van der Waals surface area contributed by atoms with Gasteiger partial charge in [0.15, 0.2) is 0 Å². The number of hydrogen-bond acceptors (Lipinski definition) is 2. The molecule has 0 spiro atoms. The predicted molar refractivity (Wildman–Crippen MR) is 145 cm³/mol. The Morgan fingerprint density at radius 3 is 2.59 bits per heavy atom. The minimum absolute atomic E-state index is 0.0457. The molecule has 39 heavy (non-hydrogen) atoms. The number of rotatable bonds is 5. The first-order chi connectivity index (χ1) is 18.8. The second-order valence-electron chi connectivity index (χ2n) is 9.34. The normalized spacial score (nSPS) is 13.1. The Morgan fingerprint density at radius 2 is 1.77 bits per heavy atom. The van der Waals surface area contributed by atoms with Crippen LogP contribution < -0.4 is 4.74 Å². The van der Waals surface area contributed by atoms with Gasteiger partial charge in [-0.1, -0.05) is 66.2 Å². The average Bonchev–Trinajstić information content (AvgIpc) is 3.28. The van der Waals surface area contributed by atoms with Gasteiger partial charge in [-0.05, 0) is 60.4 Å². The Hall–Kier alpha value is -4.10. The first-order valence-electron chi connectivity index (χ1n) is 12.4. The van der Waals surface area contributed by atoms with Gasteiger partial charge in [0, 0.05) is 21.5 Å². The monoisotopic (exact) mass is 548 g/mol. The molecule has 1 aliphatic rings. The lowest BCUT2D eigenvalue weighted by molar-refractivity contribution is -0.136. The standard InChI is InChI=1S/C31H21ClF4N2O/c32-27-17-22(33)15-14-21(27)18-38-30(25-11-5-12-26(29(25)37-38)31(34,35)36)20-8-3-9-23(16-20)39-28-13-4-7-19-6-1-2-10-24(19)28/h1,3-9,11-17H,2,10,18H2. The number of alkyl halides is 3. The molecule has 0 aliphatic heterocycles. The van der Waals surface area contributed by atoms with Crippen LogP contribution in [-0.2, 0) is 19.1 Å². The van der Waals surface area contributed by atoms with Gasteiger partial charge in [0.05, 0.1) is 17.8 Å². The molecule has 0 atom stereocenters. The van der Waals surface area contributed by atoms with Gasteiger partial charge in [0.25, 0.3) is 0 Å². The molecule has 0 saturated carbocycles. The van der Waals surface area contributed by atoms with Crippen molar-refractivity contribution in [3.05, 3.63) is 118 Å². The minimum atomic E-state index is -4.59. The highest BCUT2D eigenvalue weighted by molar-refractivity contribution is 6.31. The van der Waals surface area contributed by atoms with Gasteiger partial charge in [-0.15, -0.1) is 0 Å². The van der Waals surface area contributed by atoms with E-state index < -0.39 is 17.6 Å². The van der Waals surface area contributed by atoms with Crippen LogP contribution in [0.2, 0.25) is 5.02 Å². The number of halogens is 5. The molecule has 0 fully saturated rings. The van der Waals surface area contributed by atoms with E-state index in [1.807, 2.05) is 24.3 Å². The van der Waals surface area contributed by atoms with Crippen molar-refractivity contribution in [3.63, 3.8) is 0 Å². The van der Waals surface area contributed by atoms with E-state index in [1.54, 1.807) is 24.3 Å². The lowest BCUT2D eigenvalue weighted by Crippen LogP contribution is -2.07. The Bertz CT molecular complexity index is 1740. The predicted octanol–water partition coefficient (Wildman–Crippen LogP) is 9.31. The van der Waals surface area contributed by atoms with Crippen LogP contribution in [0.4, 0.5) is 17.6 Å². The topological polar surface area (TPSA) is 27.1 Å². The number of nitrogens with zero attached hydrogens (tertiary/aromatic N) is 2. The molecule has 3 nitrogen and oxygen atoms in total. The fourth-order valence-electron chi connectivity index (χ4n) is 4.98. The van der Waals surface area contributed by atoms with Crippen LogP contribution in [0.5, 0.6) is 11.5 Å². The van der Waals surface area contributed by atoms with E-state index in [9.17, 15) is 17.6 Å². The average molecular weight is 549 g/mol. The van der Waals surface area contributed by atoms with Crippen LogP contribution >= 0.6 is 11.6 Å². The summed E-state index contributed by atoms with van der Waals surface area (Å²) in [6.07, 6.45) is 1.40. The van der Waals surface area contributed by atoms with Crippen LogP contribution in [0.3, 0.4) is 0 Å². The summed E-state index contributed by atoms with van der Waals surface area (Å²) in [5, 5.41) is 4.88. The molecule has 0 radical (unpaired) electrons. The maximum absolute atomic E-state index is 13.9. The Kier molecular flexibility index (Phi) is 6.39. The lowest BCUT2D eigenvalue weighted by Gasteiger charge is -2.16. The fourth-order valence-corrected chi connectivity index (χ4v) is 5.21. The number of hydrogen-bond donors (Lipinski definition) is 0. The highest BCUT2D eigenvalue weighted by Crippen LogP contribution is 2.40. The highest BCUT2D eigenvalue weighted by atomic mass is 35.5. The van der Waals surface area contributed by atoms with Gasteiger partial charge in [-0.2, -0.15) is 18.3 Å². The zero-order valence-electron chi connectivity index (χ0n) is 20.5. The van der Waals surface area contributed by atoms with Crippen LogP contribution in [0.25, 0.3) is 28.2 Å². The quantitative estimate of drug-likeness (QED) is 0.205. The summed E-state index contributed by atoms with van der Waals surface area (Å²) < 4.78 is 63.1. The SMILES string of the molecule is Fc1ccc(Cn2nc3c(C(F)(F)F)cccc3c2-c2cccc(Oc3cccc4c3CCC=C4)c2)c(Cl)c1. The summed E-state index contributed by atoms with van der Waals surface area (Å²) in [4.78, 5) is 0. The molecule has 1 aromatic heterocycles. The van der Waals surface area contributed by atoms with Crippen LogP contribution in [0.1, 0.15) is 28.7 Å². The second-order valence-corrected chi connectivity index (χ2v) is 9.74. The lowest BCUT2D eigenvalue weighted by atomic mass is 9.96. The van der Waals surface area contributed by atoms with Crippen molar-refractivity contribution in [1.29, 1.82) is 0 Å². The molecule has 0 unspecified atom stereocenters. The Balaban J connectivity index is 1.48. The number of ether oxygens (including phenoxy) is 1. The highest BCUT2D eigenvalue weighted by Gasteiger charge is 2.34. The molecule has 0 amide bonds. The van der Waals surface area contributed by atoms with Gasteiger partial charge < -0.3 is 4.74 Å². The largest absolute Gasteiger partial charge is 0.457 e. The Morgan fingerprint density at radius 1 is 0.949 bits per heavy atom. The molecule has 1 aliphatic carbocycles. The maximum Gasteiger partial charge on any atom is 0.418 e. The zero-order chi connectivity index (χ0) is 27.1. The molecular formula is C31H21ClF4N2O. The maximum atomic E-state index is 13.9. The van der Waals surface area contributed by atoms with Crippen molar-refractivity contribution in [1.82, 2.24) is 9.78 Å². The van der Waals surface area contributed by atoms with Crippen LogP contribution in [-0.4, -0.2) is 9.78 Å². The van der Waals surface area contributed by atoms with E-state index in [1.165, 1.54) is 28.9 Å². The van der Waals surface area contributed by atoms with E-state index in [0.29, 0.717) is 28.0 Å². The number of allylic oxidation sites excluding steroid dienone is 1. The van der Waals surface area contributed by atoms with Crippen molar-refractivity contribution in [2.45, 2.75) is 25.6 Å². The van der Waals surface area contributed by atoms with Gasteiger partial charge in [0.2, 0.25) is 0 Å². The summed E-state index contributed by atoms with van der Waals surface area (Å²) in [6, 6.07) is 21.0. The molecular weight excluding hydrogens is 528 g/mol. The molecule has 6 rings (SSSR count). The smallest absolute Gasteiger partial charge is 0.418 e. The van der Waals surface area contributed by atoms with Gasteiger partial charge >= 0.3 is 6.18 Å². The molecule has 8 heteroatoms. The van der Waals surface area contributed by atoms with E-state index >= 15 is 0 Å². The van der Waals surface area contributed by atoms with Crippen molar-refractivity contribution >= 4 is 28.6 Å². The third-order valence-electron chi connectivity index (χ3n) is 6.77. The second kappa shape index (κ2) is 9.89. The van der Waals surface area contributed by atoms with Crippen molar-refractivity contribution < 1.29 is 22.3 Å². The van der Waals surface area contributed by atoms with Crippen LogP contribution in [0, 0.1) is 5.82 Å². The van der Waals surface area contributed by atoms with Gasteiger partial charge in [0.1, 0.15) is 22.8 Å². The van der Waals surface area contributed by atoms with E-state index in [-0.39, 0.29) is 17.1 Å². The number of fused-ring (bicyclic) bond motifs is 2. The summed E-state index contributed by atoms with van der Waals surface area (Å²) in [7, 11) is 0. The third kappa shape index (κ3) is 4.90. The molecule has 0 saturated heterocycles. The fraction of sp³-hybridized carbons (Fsp3) is 0.129. The van der Waals surface area contributed by atoms with Gasteiger partial charge in [-0.3, -0.25) is 4.68 Å². The van der Waals surface area contributed by atoms with E-state index in [0.717, 1.165) is 35.8 Å². The van der Waals surface area contributed by atoms with E-state index in [4.69, 9.17) is 16.3 Å². The summed E-state index contributed by atoms with van der Waals surface area (Å²) in [6.45, 7) is 0.0457. The number of benzene rings is 4. The van der Waals surface area contributed by atoms with Crippen molar-refractivity contribution in [2.24, 2.45) is 0 Å². The molecule has 4 aromatic carbocycles. The number of aromatic nitrogens is 2. The molecule has 196 valence electrons. The molecule has 0 N–H and O–H groups in total. The summed E-state index contributed by atoms with van der Waals surface area (Å²) in [5.74, 6) is 0.783. The third-order valence-corrected chi connectivity index (χ3v) is 7.13. The van der Waals surface area contributed by atoms with Gasteiger partial charge in [-0.25, -0.2) is 4.39 Å². The molecule has 1 heterocycles. The first-order valence-corrected chi connectivity index (χ1v) is 12.7. The van der Waals surface area contributed by atoms with E-state index in [2.05, 4.69) is 17.3 Å². The molecule has 0 bridgehead atoms.